The fraction of sp³-hybridized carbons (Fsp3) is 0.250. The molecule has 0 spiro atoms. The highest BCUT2D eigenvalue weighted by Gasteiger charge is 2.12. The van der Waals surface area contributed by atoms with Crippen LogP contribution in [0.25, 0.3) is 0 Å². The number of benzene rings is 1. The number of amides is 1. The van der Waals surface area contributed by atoms with Crippen LogP contribution in [0.1, 0.15) is 10.4 Å². The van der Waals surface area contributed by atoms with Crippen molar-refractivity contribution >= 4 is 45.7 Å². The maximum absolute atomic E-state index is 13.5. The third kappa shape index (κ3) is 4.43. The molecule has 1 aromatic heterocycles. The van der Waals surface area contributed by atoms with Gasteiger partial charge in [-0.05, 0) is 46.3 Å². The third-order valence-corrected chi connectivity index (χ3v) is 4.30. The molecule has 1 aliphatic rings. The van der Waals surface area contributed by atoms with Crippen molar-refractivity contribution in [3.8, 4) is 0 Å². The summed E-state index contributed by atoms with van der Waals surface area (Å²) in [6.07, 6.45) is 1.74. The molecule has 0 bridgehead atoms. The second-order valence-corrected chi connectivity index (χ2v) is 6.08. The summed E-state index contributed by atoms with van der Waals surface area (Å²) in [6.45, 7) is 3.78. The van der Waals surface area contributed by atoms with Crippen LogP contribution in [-0.2, 0) is 0 Å². The smallest absolute Gasteiger partial charge is 0.256 e. The Morgan fingerprint density at radius 2 is 2.00 bits per heavy atom. The van der Waals surface area contributed by atoms with Crippen LogP contribution in [0.15, 0.2) is 41.0 Å². The maximum atomic E-state index is 13.5. The van der Waals surface area contributed by atoms with E-state index in [0.717, 1.165) is 31.9 Å². The molecule has 3 rings (SSSR count). The molecule has 128 valence electrons. The van der Waals surface area contributed by atoms with E-state index in [4.69, 9.17) is 0 Å². The van der Waals surface area contributed by atoms with Gasteiger partial charge >= 0.3 is 0 Å². The van der Waals surface area contributed by atoms with Crippen molar-refractivity contribution in [3.05, 3.63) is 52.4 Å². The van der Waals surface area contributed by atoms with Crippen LogP contribution < -0.4 is 15.5 Å². The number of pyridine rings is 1. The molecule has 5 nitrogen and oxygen atoms in total. The van der Waals surface area contributed by atoms with Gasteiger partial charge in [-0.15, -0.1) is 12.4 Å². The molecule has 0 saturated carbocycles. The van der Waals surface area contributed by atoms with Gasteiger partial charge in [0.2, 0.25) is 0 Å². The first kappa shape index (κ1) is 18.6. The molecule has 2 heterocycles. The third-order valence-electron chi connectivity index (χ3n) is 3.65. The first-order valence-corrected chi connectivity index (χ1v) is 8.11. The van der Waals surface area contributed by atoms with E-state index in [9.17, 15) is 9.18 Å². The van der Waals surface area contributed by atoms with Gasteiger partial charge in [0.15, 0.2) is 0 Å². The van der Waals surface area contributed by atoms with E-state index >= 15 is 0 Å². The Morgan fingerprint density at radius 3 is 2.62 bits per heavy atom. The fourth-order valence-electron chi connectivity index (χ4n) is 2.40. The van der Waals surface area contributed by atoms with Crippen LogP contribution in [0.3, 0.4) is 0 Å². The minimum Gasteiger partial charge on any atom is -0.368 e. The highest BCUT2D eigenvalue weighted by atomic mass is 79.9. The van der Waals surface area contributed by atoms with Crippen molar-refractivity contribution in [2.75, 3.05) is 36.4 Å². The first-order valence-electron chi connectivity index (χ1n) is 7.31. The van der Waals surface area contributed by atoms with Gasteiger partial charge in [-0.25, -0.2) is 9.37 Å². The van der Waals surface area contributed by atoms with Crippen LogP contribution in [-0.4, -0.2) is 37.1 Å². The van der Waals surface area contributed by atoms with Crippen LogP contribution in [0.2, 0.25) is 0 Å². The lowest BCUT2D eigenvalue weighted by atomic mass is 10.2. The predicted octanol–water partition coefficient (Wildman–Crippen LogP) is 3.07. The zero-order chi connectivity index (χ0) is 16.2. The van der Waals surface area contributed by atoms with Gasteiger partial charge < -0.3 is 15.5 Å². The van der Waals surface area contributed by atoms with Crippen molar-refractivity contribution < 1.29 is 9.18 Å². The summed E-state index contributed by atoms with van der Waals surface area (Å²) in [5.41, 5.74) is 1.28. The number of aromatic nitrogens is 1. The number of hydrogen-bond acceptors (Lipinski definition) is 4. The molecule has 0 unspecified atom stereocenters. The van der Waals surface area contributed by atoms with Gasteiger partial charge in [-0.2, -0.15) is 0 Å². The minimum absolute atomic E-state index is 0. The average Bonchev–Trinajstić information content (AvgIpc) is 2.59. The van der Waals surface area contributed by atoms with Gasteiger partial charge in [0, 0.05) is 31.7 Å². The topological polar surface area (TPSA) is 57.3 Å². The Labute approximate surface area is 154 Å². The average molecular weight is 416 g/mol. The predicted molar refractivity (Wildman–Crippen MR) is 98.6 cm³/mol. The van der Waals surface area contributed by atoms with Crippen molar-refractivity contribution in [2.45, 2.75) is 0 Å². The van der Waals surface area contributed by atoms with E-state index < -0.39 is 5.82 Å². The van der Waals surface area contributed by atoms with Crippen molar-refractivity contribution in [1.82, 2.24) is 10.3 Å². The molecule has 1 saturated heterocycles. The number of rotatable bonds is 3. The normalized spacial score (nSPS) is 14.0. The summed E-state index contributed by atoms with van der Waals surface area (Å²) in [6, 6.07) is 7.93. The number of nitrogens with zero attached hydrogens (tertiary/aromatic N) is 2. The SMILES string of the molecule is Cl.O=C(Nc1ccc(N2CCNCC2)cn1)c1ccc(Br)c(F)c1. The summed E-state index contributed by atoms with van der Waals surface area (Å²) < 4.78 is 13.8. The molecule has 1 aliphatic heterocycles. The molecule has 0 aliphatic carbocycles. The van der Waals surface area contributed by atoms with Crippen LogP contribution in [0.4, 0.5) is 15.9 Å². The molecule has 1 fully saturated rings. The summed E-state index contributed by atoms with van der Waals surface area (Å²) in [5.74, 6) is -0.421. The fourth-order valence-corrected chi connectivity index (χ4v) is 2.64. The molecule has 2 aromatic rings. The highest BCUT2D eigenvalue weighted by molar-refractivity contribution is 9.10. The Kier molecular flexibility index (Phi) is 6.53. The number of hydrogen-bond donors (Lipinski definition) is 2. The largest absolute Gasteiger partial charge is 0.368 e. The van der Waals surface area contributed by atoms with Gasteiger partial charge in [0.25, 0.3) is 5.91 Å². The monoisotopic (exact) mass is 414 g/mol. The van der Waals surface area contributed by atoms with E-state index in [2.05, 4.69) is 36.4 Å². The lowest BCUT2D eigenvalue weighted by Gasteiger charge is -2.29. The van der Waals surface area contributed by atoms with E-state index in [-0.39, 0.29) is 23.9 Å². The van der Waals surface area contributed by atoms with E-state index in [1.807, 2.05) is 6.07 Å². The zero-order valence-electron chi connectivity index (χ0n) is 12.8. The van der Waals surface area contributed by atoms with Crippen molar-refractivity contribution in [1.29, 1.82) is 0 Å². The van der Waals surface area contributed by atoms with E-state index in [1.165, 1.54) is 12.1 Å². The number of carbonyl (C=O) groups excluding carboxylic acids is 1. The van der Waals surface area contributed by atoms with Gasteiger partial charge in [-0.1, -0.05) is 0 Å². The molecule has 0 atom stereocenters. The number of anilines is 2. The van der Waals surface area contributed by atoms with E-state index in [0.29, 0.717) is 10.3 Å². The lowest BCUT2D eigenvalue weighted by molar-refractivity contribution is 0.102. The quantitative estimate of drug-likeness (QED) is 0.809. The van der Waals surface area contributed by atoms with E-state index in [1.54, 1.807) is 18.3 Å². The van der Waals surface area contributed by atoms with Gasteiger partial charge in [-0.3, -0.25) is 4.79 Å². The lowest BCUT2D eigenvalue weighted by Crippen LogP contribution is -2.43. The van der Waals surface area contributed by atoms with Crippen LogP contribution >= 0.6 is 28.3 Å². The summed E-state index contributed by atoms with van der Waals surface area (Å²) in [7, 11) is 0. The summed E-state index contributed by atoms with van der Waals surface area (Å²) >= 11 is 3.06. The molecule has 24 heavy (non-hydrogen) atoms. The molecular formula is C16H17BrClFN4O. The Balaban J connectivity index is 0.00000208. The summed E-state index contributed by atoms with van der Waals surface area (Å²) in [5, 5.41) is 5.97. The Morgan fingerprint density at radius 1 is 1.25 bits per heavy atom. The number of halogens is 3. The zero-order valence-corrected chi connectivity index (χ0v) is 15.2. The highest BCUT2D eigenvalue weighted by Crippen LogP contribution is 2.18. The molecule has 2 N–H and O–H groups in total. The first-order chi connectivity index (χ1) is 11.1. The molecular weight excluding hydrogens is 399 g/mol. The molecule has 1 aromatic carbocycles. The summed E-state index contributed by atoms with van der Waals surface area (Å²) in [4.78, 5) is 18.6. The molecule has 0 radical (unpaired) electrons. The number of carbonyl (C=O) groups is 1. The minimum atomic E-state index is -0.473. The number of piperazine rings is 1. The Bertz CT molecular complexity index is 708. The second-order valence-electron chi connectivity index (χ2n) is 5.22. The molecule has 1 amide bonds. The van der Waals surface area contributed by atoms with Crippen molar-refractivity contribution in [3.63, 3.8) is 0 Å². The number of nitrogens with one attached hydrogen (secondary N) is 2. The van der Waals surface area contributed by atoms with Gasteiger partial charge in [0.1, 0.15) is 11.6 Å². The van der Waals surface area contributed by atoms with Gasteiger partial charge in [0.05, 0.1) is 16.4 Å². The van der Waals surface area contributed by atoms with Crippen LogP contribution in [0, 0.1) is 5.82 Å². The molecule has 8 heteroatoms. The van der Waals surface area contributed by atoms with Crippen molar-refractivity contribution in [2.24, 2.45) is 0 Å². The maximum Gasteiger partial charge on any atom is 0.256 e. The Hall–Kier alpha value is -1.70. The second kappa shape index (κ2) is 8.41. The standard InChI is InChI=1S/C16H16BrFN4O.ClH/c17-13-3-1-11(9-14(13)18)16(23)21-15-4-2-12(10-20-15)22-7-5-19-6-8-22;/h1-4,9-10,19H,5-8H2,(H,20,21,23);1H. The van der Waals surface area contributed by atoms with Crippen LogP contribution in [0.5, 0.6) is 0 Å².